The summed E-state index contributed by atoms with van der Waals surface area (Å²) in [6, 6.07) is 5.65. The summed E-state index contributed by atoms with van der Waals surface area (Å²) < 4.78 is 5.31. The predicted octanol–water partition coefficient (Wildman–Crippen LogP) is 3.29. The van der Waals surface area contributed by atoms with Crippen molar-refractivity contribution in [2.45, 2.75) is 25.8 Å². The standard InChI is InChI=1S/C14H19ClN2O2/c1-10-12(15)4-3-5-13(10)16-14(18)17(2)11-6-8-19-9-7-11/h3-5,11H,6-9H2,1-2H3,(H,16,18). The van der Waals surface area contributed by atoms with Crippen molar-refractivity contribution in [3.8, 4) is 0 Å². The Bertz CT molecular complexity index is 459. The molecule has 1 aromatic rings. The van der Waals surface area contributed by atoms with E-state index >= 15 is 0 Å². The van der Waals surface area contributed by atoms with Gasteiger partial charge in [0, 0.05) is 37.0 Å². The summed E-state index contributed by atoms with van der Waals surface area (Å²) in [6.45, 7) is 3.34. The topological polar surface area (TPSA) is 41.6 Å². The normalized spacial score (nSPS) is 16.2. The first-order valence-electron chi connectivity index (χ1n) is 6.46. The van der Waals surface area contributed by atoms with Gasteiger partial charge in [0.05, 0.1) is 0 Å². The van der Waals surface area contributed by atoms with E-state index in [0.29, 0.717) is 5.02 Å². The Morgan fingerprint density at radius 2 is 2.11 bits per heavy atom. The number of hydrogen-bond donors (Lipinski definition) is 1. The number of carbonyl (C=O) groups is 1. The van der Waals surface area contributed by atoms with Crippen LogP contribution in [0.1, 0.15) is 18.4 Å². The lowest BCUT2D eigenvalue weighted by Crippen LogP contribution is -2.42. The summed E-state index contributed by atoms with van der Waals surface area (Å²) in [5.74, 6) is 0. The molecule has 1 N–H and O–H groups in total. The summed E-state index contributed by atoms with van der Waals surface area (Å²) in [6.07, 6.45) is 1.77. The molecule has 0 unspecified atom stereocenters. The van der Waals surface area contributed by atoms with E-state index in [2.05, 4.69) is 5.32 Å². The highest BCUT2D eigenvalue weighted by Gasteiger charge is 2.22. The van der Waals surface area contributed by atoms with Gasteiger partial charge in [-0.1, -0.05) is 17.7 Å². The molecule has 0 aromatic heterocycles. The molecule has 0 spiro atoms. The van der Waals surface area contributed by atoms with E-state index in [1.165, 1.54) is 0 Å². The zero-order valence-corrected chi connectivity index (χ0v) is 12.0. The average Bonchev–Trinajstić information content (AvgIpc) is 2.44. The van der Waals surface area contributed by atoms with Crippen molar-refractivity contribution in [3.63, 3.8) is 0 Å². The summed E-state index contributed by atoms with van der Waals surface area (Å²) in [5, 5.41) is 3.57. The van der Waals surface area contributed by atoms with Crippen LogP contribution in [-0.2, 0) is 4.74 Å². The van der Waals surface area contributed by atoms with E-state index < -0.39 is 0 Å². The Kier molecular flexibility index (Phi) is 4.66. The zero-order valence-electron chi connectivity index (χ0n) is 11.3. The van der Waals surface area contributed by atoms with Crippen molar-refractivity contribution in [2.75, 3.05) is 25.6 Å². The molecular formula is C14H19ClN2O2. The second-order valence-corrected chi connectivity index (χ2v) is 5.20. The van der Waals surface area contributed by atoms with Gasteiger partial charge in [0.2, 0.25) is 0 Å². The van der Waals surface area contributed by atoms with Gasteiger partial charge in [-0.25, -0.2) is 4.79 Å². The Labute approximate surface area is 118 Å². The largest absolute Gasteiger partial charge is 0.381 e. The fourth-order valence-electron chi connectivity index (χ4n) is 2.18. The Hall–Kier alpha value is -1.26. The maximum Gasteiger partial charge on any atom is 0.321 e. The quantitative estimate of drug-likeness (QED) is 0.904. The number of amides is 2. The van der Waals surface area contributed by atoms with Crippen LogP contribution >= 0.6 is 11.6 Å². The molecule has 0 bridgehead atoms. The Morgan fingerprint density at radius 3 is 2.79 bits per heavy atom. The van der Waals surface area contributed by atoms with Crippen molar-refractivity contribution >= 4 is 23.3 Å². The number of rotatable bonds is 2. The number of benzene rings is 1. The highest BCUT2D eigenvalue weighted by molar-refractivity contribution is 6.31. The lowest BCUT2D eigenvalue weighted by atomic mass is 10.1. The first kappa shape index (κ1) is 14.2. The fourth-order valence-corrected chi connectivity index (χ4v) is 2.36. The van der Waals surface area contributed by atoms with Gasteiger partial charge in [-0.15, -0.1) is 0 Å². The monoisotopic (exact) mass is 282 g/mol. The van der Waals surface area contributed by atoms with Crippen LogP contribution < -0.4 is 5.32 Å². The van der Waals surface area contributed by atoms with Crippen LogP contribution in [0.15, 0.2) is 18.2 Å². The molecule has 1 saturated heterocycles. The molecule has 5 heteroatoms. The second kappa shape index (κ2) is 6.26. The number of urea groups is 1. The van der Waals surface area contributed by atoms with Crippen molar-refractivity contribution in [3.05, 3.63) is 28.8 Å². The summed E-state index contributed by atoms with van der Waals surface area (Å²) >= 11 is 6.04. The van der Waals surface area contributed by atoms with Gasteiger partial charge in [-0.2, -0.15) is 0 Å². The molecular weight excluding hydrogens is 264 g/mol. The SMILES string of the molecule is Cc1c(Cl)cccc1NC(=O)N(C)C1CCOCC1. The molecule has 104 valence electrons. The molecule has 0 atom stereocenters. The van der Waals surface area contributed by atoms with Crippen molar-refractivity contribution in [1.29, 1.82) is 0 Å². The van der Waals surface area contributed by atoms with Crippen molar-refractivity contribution in [1.82, 2.24) is 4.90 Å². The lowest BCUT2D eigenvalue weighted by Gasteiger charge is -2.31. The third-order valence-corrected chi connectivity index (χ3v) is 3.98. The Morgan fingerprint density at radius 1 is 1.42 bits per heavy atom. The predicted molar refractivity (Wildman–Crippen MR) is 76.8 cm³/mol. The molecule has 2 rings (SSSR count). The number of hydrogen-bond acceptors (Lipinski definition) is 2. The highest BCUT2D eigenvalue weighted by atomic mass is 35.5. The van der Waals surface area contributed by atoms with E-state index in [-0.39, 0.29) is 12.1 Å². The van der Waals surface area contributed by atoms with Crippen molar-refractivity contribution in [2.24, 2.45) is 0 Å². The highest BCUT2D eigenvalue weighted by Crippen LogP contribution is 2.23. The van der Waals surface area contributed by atoms with E-state index in [1.54, 1.807) is 4.90 Å². The summed E-state index contributed by atoms with van der Waals surface area (Å²) in [5.41, 5.74) is 1.65. The van der Waals surface area contributed by atoms with E-state index in [9.17, 15) is 4.79 Å². The van der Waals surface area contributed by atoms with Gasteiger partial charge in [-0.3, -0.25) is 0 Å². The minimum Gasteiger partial charge on any atom is -0.381 e. The average molecular weight is 283 g/mol. The molecule has 1 aliphatic rings. The van der Waals surface area contributed by atoms with Crippen LogP contribution in [0, 0.1) is 6.92 Å². The molecule has 1 aliphatic heterocycles. The maximum absolute atomic E-state index is 12.2. The van der Waals surface area contributed by atoms with Gasteiger partial charge >= 0.3 is 6.03 Å². The molecule has 1 fully saturated rings. The minimum atomic E-state index is -0.0998. The minimum absolute atomic E-state index is 0.0998. The number of ether oxygens (including phenoxy) is 1. The molecule has 4 nitrogen and oxygen atoms in total. The van der Waals surface area contributed by atoms with Gasteiger partial charge in [0.1, 0.15) is 0 Å². The third-order valence-electron chi connectivity index (χ3n) is 3.57. The van der Waals surface area contributed by atoms with E-state index in [1.807, 2.05) is 32.2 Å². The van der Waals surface area contributed by atoms with E-state index in [0.717, 1.165) is 37.3 Å². The Balaban J connectivity index is 2.01. The molecule has 19 heavy (non-hydrogen) atoms. The van der Waals surface area contributed by atoms with Crippen LogP contribution in [-0.4, -0.2) is 37.2 Å². The molecule has 0 aliphatic carbocycles. The molecule has 1 heterocycles. The van der Waals surface area contributed by atoms with Gasteiger partial charge in [-0.05, 0) is 37.5 Å². The lowest BCUT2D eigenvalue weighted by molar-refractivity contribution is 0.0544. The van der Waals surface area contributed by atoms with Crippen LogP contribution in [0.2, 0.25) is 5.02 Å². The van der Waals surface area contributed by atoms with Crippen LogP contribution in [0.4, 0.5) is 10.5 Å². The summed E-state index contributed by atoms with van der Waals surface area (Å²) in [4.78, 5) is 14.0. The summed E-state index contributed by atoms with van der Waals surface area (Å²) in [7, 11) is 1.82. The maximum atomic E-state index is 12.2. The third kappa shape index (κ3) is 3.39. The second-order valence-electron chi connectivity index (χ2n) is 4.80. The van der Waals surface area contributed by atoms with E-state index in [4.69, 9.17) is 16.3 Å². The van der Waals surface area contributed by atoms with Crippen LogP contribution in [0.3, 0.4) is 0 Å². The first-order chi connectivity index (χ1) is 9.09. The van der Waals surface area contributed by atoms with Crippen molar-refractivity contribution < 1.29 is 9.53 Å². The van der Waals surface area contributed by atoms with Gasteiger partial charge in [0.15, 0.2) is 0 Å². The number of nitrogens with zero attached hydrogens (tertiary/aromatic N) is 1. The smallest absolute Gasteiger partial charge is 0.321 e. The first-order valence-corrected chi connectivity index (χ1v) is 6.84. The number of carbonyl (C=O) groups excluding carboxylic acids is 1. The number of nitrogens with one attached hydrogen (secondary N) is 1. The van der Waals surface area contributed by atoms with Crippen LogP contribution in [0.5, 0.6) is 0 Å². The number of halogens is 1. The fraction of sp³-hybridized carbons (Fsp3) is 0.500. The van der Waals surface area contributed by atoms with Gasteiger partial charge in [0.25, 0.3) is 0 Å². The molecule has 0 saturated carbocycles. The number of anilines is 1. The molecule has 0 radical (unpaired) electrons. The molecule has 1 aromatic carbocycles. The van der Waals surface area contributed by atoms with Gasteiger partial charge < -0.3 is 15.0 Å². The molecule has 2 amide bonds. The zero-order chi connectivity index (χ0) is 13.8. The van der Waals surface area contributed by atoms with Crippen LogP contribution in [0.25, 0.3) is 0 Å².